The van der Waals surface area contributed by atoms with Crippen molar-refractivity contribution >= 4 is 17.5 Å². The molecule has 0 heterocycles. The Morgan fingerprint density at radius 2 is 1.80 bits per heavy atom. The maximum Gasteiger partial charge on any atom is 0.228 e. The lowest BCUT2D eigenvalue weighted by atomic mass is 10.2. The van der Waals surface area contributed by atoms with Gasteiger partial charge in [0.25, 0.3) is 0 Å². The Kier molecular flexibility index (Phi) is 4.42. The van der Waals surface area contributed by atoms with Crippen molar-refractivity contribution in [3.63, 3.8) is 0 Å². The van der Waals surface area contributed by atoms with E-state index in [4.69, 9.17) is 0 Å². The molecule has 0 bridgehead atoms. The summed E-state index contributed by atoms with van der Waals surface area (Å²) in [6.45, 7) is 6.00. The normalized spacial score (nSPS) is 21.9. The van der Waals surface area contributed by atoms with E-state index in [1.807, 2.05) is 45.0 Å². The molecular weight excluding hydrogens is 252 g/mol. The van der Waals surface area contributed by atoms with E-state index in [1.165, 1.54) is 0 Å². The molecule has 2 rings (SSSR count). The zero-order valence-electron chi connectivity index (χ0n) is 12.3. The number of anilines is 1. The molecular formula is C16H22N2O2. The van der Waals surface area contributed by atoms with Crippen molar-refractivity contribution in [1.29, 1.82) is 0 Å². The number of hydrogen-bond donors (Lipinski definition) is 2. The molecule has 3 atom stereocenters. The van der Waals surface area contributed by atoms with Crippen LogP contribution in [0, 0.1) is 18.8 Å². The molecule has 2 N–H and O–H groups in total. The number of carbonyl (C=O) groups is 2. The van der Waals surface area contributed by atoms with Gasteiger partial charge in [0.2, 0.25) is 11.8 Å². The van der Waals surface area contributed by atoms with Gasteiger partial charge in [-0.2, -0.15) is 0 Å². The highest BCUT2D eigenvalue weighted by molar-refractivity contribution is 5.99. The van der Waals surface area contributed by atoms with Gasteiger partial charge in [-0.3, -0.25) is 9.59 Å². The Labute approximate surface area is 119 Å². The van der Waals surface area contributed by atoms with Crippen LogP contribution >= 0.6 is 0 Å². The molecule has 0 radical (unpaired) electrons. The molecule has 1 saturated carbocycles. The lowest BCUT2D eigenvalue weighted by Gasteiger charge is -2.11. The average molecular weight is 274 g/mol. The van der Waals surface area contributed by atoms with E-state index < -0.39 is 0 Å². The summed E-state index contributed by atoms with van der Waals surface area (Å²) in [7, 11) is 0. The number of rotatable bonds is 5. The molecule has 3 unspecified atom stereocenters. The minimum Gasteiger partial charge on any atom is -0.353 e. The van der Waals surface area contributed by atoms with Crippen LogP contribution in [0.1, 0.15) is 32.3 Å². The molecule has 0 aliphatic heterocycles. The molecule has 4 nitrogen and oxygen atoms in total. The van der Waals surface area contributed by atoms with Crippen LogP contribution in [0.4, 0.5) is 5.69 Å². The molecule has 1 fully saturated rings. The van der Waals surface area contributed by atoms with Gasteiger partial charge in [0, 0.05) is 11.7 Å². The Morgan fingerprint density at radius 3 is 2.40 bits per heavy atom. The van der Waals surface area contributed by atoms with Crippen LogP contribution in [0.25, 0.3) is 0 Å². The summed E-state index contributed by atoms with van der Waals surface area (Å²) >= 11 is 0. The Hall–Kier alpha value is -1.84. The highest BCUT2D eigenvalue weighted by Crippen LogP contribution is 2.39. The van der Waals surface area contributed by atoms with Gasteiger partial charge in [-0.15, -0.1) is 0 Å². The summed E-state index contributed by atoms with van der Waals surface area (Å²) in [5, 5.41) is 5.79. The van der Waals surface area contributed by atoms with E-state index >= 15 is 0 Å². The molecule has 4 heteroatoms. The predicted octanol–water partition coefficient (Wildman–Crippen LogP) is 2.48. The first kappa shape index (κ1) is 14.6. The van der Waals surface area contributed by atoms with Crippen molar-refractivity contribution in [2.45, 2.75) is 39.7 Å². The van der Waals surface area contributed by atoms with Crippen LogP contribution < -0.4 is 10.6 Å². The predicted molar refractivity (Wildman–Crippen MR) is 79.3 cm³/mol. The van der Waals surface area contributed by atoms with E-state index in [9.17, 15) is 9.59 Å². The third kappa shape index (κ3) is 3.59. The fourth-order valence-electron chi connectivity index (χ4n) is 2.10. The number of nitrogens with one attached hydrogen (secondary N) is 2. The third-order valence-corrected chi connectivity index (χ3v) is 3.78. The monoisotopic (exact) mass is 274 g/mol. The minimum absolute atomic E-state index is 0.00315. The molecule has 2 amide bonds. The first-order chi connectivity index (χ1) is 9.51. The second-order valence-electron chi connectivity index (χ2n) is 5.62. The highest BCUT2D eigenvalue weighted by atomic mass is 16.2. The number of benzene rings is 1. The van der Waals surface area contributed by atoms with Crippen molar-refractivity contribution < 1.29 is 9.59 Å². The van der Waals surface area contributed by atoms with Crippen LogP contribution in [-0.4, -0.2) is 17.9 Å². The molecule has 0 saturated heterocycles. The molecule has 108 valence electrons. The van der Waals surface area contributed by atoms with E-state index in [0.29, 0.717) is 6.42 Å². The fourth-order valence-corrected chi connectivity index (χ4v) is 2.10. The summed E-state index contributed by atoms with van der Waals surface area (Å²) in [6, 6.07) is 7.84. The Balaban J connectivity index is 1.84. The van der Waals surface area contributed by atoms with Gasteiger partial charge in [-0.25, -0.2) is 0 Å². The van der Waals surface area contributed by atoms with Crippen LogP contribution in [0.15, 0.2) is 24.3 Å². The maximum absolute atomic E-state index is 12.0. The number of carbonyl (C=O) groups excluding carboxylic acids is 2. The van der Waals surface area contributed by atoms with Gasteiger partial charge in [0.15, 0.2) is 0 Å². The van der Waals surface area contributed by atoms with Gasteiger partial charge in [-0.05, 0) is 38.8 Å². The third-order valence-electron chi connectivity index (χ3n) is 3.78. The Morgan fingerprint density at radius 1 is 1.20 bits per heavy atom. The van der Waals surface area contributed by atoms with Crippen LogP contribution in [-0.2, 0) is 9.59 Å². The molecule has 1 aromatic rings. The lowest BCUT2D eigenvalue weighted by Crippen LogP contribution is -2.34. The summed E-state index contributed by atoms with van der Waals surface area (Å²) in [6.07, 6.45) is 1.55. The number of amides is 2. The van der Waals surface area contributed by atoms with Crippen LogP contribution in [0.2, 0.25) is 0 Å². The van der Waals surface area contributed by atoms with Gasteiger partial charge in [0.05, 0.1) is 11.8 Å². The van der Waals surface area contributed by atoms with Crippen molar-refractivity contribution in [2.75, 3.05) is 5.32 Å². The largest absolute Gasteiger partial charge is 0.353 e. The van der Waals surface area contributed by atoms with Crippen LogP contribution in [0.5, 0.6) is 0 Å². The van der Waals surface area contributed by atoms with Crippen LogP contribution in [0.3, 0.4) is 0 Å². The molecule has 1 aromatic carbocycles. The zero-order valence-corrected chi connectivity index (χ0v) is 12.3. The van der Waals surface area contributed by atoms with Crippen molar-refractivity contribution in [3.8, 4) is 0 Å². The van der Waals surface area contributed by atoms with Gasteiger partial charge < -0.3 is 10.6 Å². The van der Waals surface area contributed by atoms with Crippen molar-refractivity contribution in [1.82, 2.24) is 5.32 Å². The lowest BCUT2D eigenvalue weighted by molar-refractivity contribution is -0.125. The number of hydrogen-bond acceptors (Lipinski definition) is 2. The Bertz CT molecular complexity index is 496. The second-order valence-corrected chi connectivity index (χ2v) is 5.62. The van der Waals surface area contributed by atoms with Crippen molar-refractivity contribution in [3.05, 3.63) is 29.8 Å². The van der Waals surface area contributed by atoms with Crippen molar-refractivity contribution in [2.24, 2.45) is 11.8 Å². The SMILES string of the molecule is CCC(C)NC(=O)C1CC1C(=O)Nc1ccc(C)cc1. The summed E-state index contributed by atoms with van der Waals surface area (Å²) in [5.74, 6) is -0.392. The van der Waals surface area contributed by atoms with Gasteiger partial charge in [0.1, 0.15) is 0 Å². The highest BCUT2D eigenvalue weighted by Gasteiger charge is 2.48. The quantitative estimate of drug-likeness (QED) is 0.866. The van der Waals surface area contributed by atoms with E-state index in [0.717, 1.165) is 17.7 Å². The topological polar surface area (TPSA) is 58.2 Å². The minimum atomic E-state index is -0.180. The average Bonchev–Trinajstić information content (AvgIpc) is 3.21. The van der Waals surface area contributed by atoms with Gasteiger partial charge in [-0.1, -0.05) is 24.6 Å². The molecule has 0 aromatic heterocycles. The van der Waals surface area contributed by atoms with E-state index in [-0.39, 0.29) is 29.7 Å². The molecule has 1 aliphatic rings. The number of aryl methyl sites for hydroxylation is 1. The first-order valence-corrected chi connectivity index (χ1v) is 7.19. The smallest absolute Gasteiger partial charge is 0.228 e. The zero-order chi connectivity index (χ0) is 14.7. The molecule has 1 aliphatic carbocycles. The summed E-state index contributed by atoms with van der Waals surface area (Å²) in [4.78, 5) is 23.9. The molecule has 0 spiro atoms. The van der Waals surface area contributed by atoms with E-state index in [1.54, 1.807) is 0 Å². The first-order valence-electron chi connectivity index (χ1n) is 7.19. The standard InChI is InChI=1S/C16H22N2O2/c1-4-11(3)17-15(19)13-9-14(13)16(20)18-12-7-5-10(2)6-8-12/h5-8,11,13-14H,4,9H2,1-3H3,(H,17,19)(H,18,20). The second kappa shape index (κ2) is 6.07. The summed E-state index contributed by atoms with van der Waals surface area (Å²) in [5.41, 5.74) is 1.94. The fraction of sp³-hybridized carbons (Fsp3) is 0.500. The maximum atomic E-state index is 12.0. The summed E-state index contributed by atoms with van der Waals surface area (Å²) < 4.78 is 0. The van der Waals surface area contributed by atoms with Gasteiger partial charge >= 0.3 is 0 Å². The molecule has 20 heavy (non-hydrogen) atoms. The van der Waals surface area contributed by atoms with E-state index in [2.05, 4.69) is 10.6 Å².